The van der Waals surface area contributed by atoms with Gasteiger partial charge in [0.1, 0.15) is 19.3 Å². The van der Waals surface area contributed by atoms with Crippen LogP contribution in [0.3, 0.4) is 0 Å². The molecule has 0 bridgehead atoms. The maximum Gasteiger partial charge on any atom is 0.472 e. The molecule has 0 heterocycles. The van der Waals surface area contributed by atoms with E-state index in [0.29, 0.717) is 25.7 Å². The molecule has 0 saturated heterocycles. The van der Waals surface area contributed by atoms with Gasteiger partial charge in [-0.2, -0.15) is 0 Å². The lowest BCUT2D eigenvalue weighted by atomic mass is 9.99. The van der Waals surface area contributed by atoms with E-state index in [1.165, 1.54) is 295 Å². The van der Waals surface area contributed by atoms with Crippen molar-refractivity contribution < 1.29 is 80.2 Å². The molecule has 0 aromatic heterocycles. The molecule has 0 aromatic carbocycles. The SMILES string of the molecule is CCCCCCCCCCCCCCCCCCC(=O)OC[C@H](COP(=O)(O)OC[C@@H](O)COP(=O)(O)OC[C@@H](COC(=O)CCCCCCCCCCCCCC)OC(=O)CCCCCCCCCCCCCCCCCC)OC(=O)CCCCCCCCCCCCCCCCCCCCC(C)CC. The second-order valence-electron chi connectivity index (χ2n) is 31.5. The quantitative estimate of drug-likeness (QED) is 0.0222. The van der Waals surface area contributed by atoms with Gasteiger partial charge in [-0.15, -0.1) is 0 Å². The number of phosphoric acid groups is 2. The summed E-state index contributed by atoms with van der Waals surface area (Å²) in [6.45, 7) is 7.45. The van der Waals surface area contributed by atoms with Crippen LogP contribution >= 0.6 is 15.6 Å². The van der Waals surface area contributed by atoms with Crippen LogP contribution in [0.4, 0.5) is 0 Å². The molecule has 0 aliphatic rings. The van der Waals surface area contributed by atoms with Gasteiger partial charge in [0, 0.05) is 25.7 Å². The van der Waals surface area contributed by atoms with Gasteiger partial charge in [0.25, 0.3) is 0 Å². The number of hydrogen-bond acceptors (Lipinski definition) is 15. The Morgan fingerprint density at radius 2 is 0.453 bits per heavy atom. The summed E-state index contributed by atoms with van der Waals surface area (Å²) >= 11 is 0. The van der Waals surface area contributed by atoms with Crippen molar-refractivity contribution in [3.05, 3.63) is 0 Å². The number of unbranched alkanes of at least 4 members (excludes halogenated alkanes) is 58. The average molecular weight is 1550 g/mol. The molecule has 0 aliphatic heterocycles. The third kappa shape index (κ3) is 78.7. The minimum Gasteiger partial charge on any atom is -0.462 e. The molecule has 3 unspecified atom stereocenters. The van der Waals surface area contributed by atoms with Crippen molar-refractivity contribution in [2.45, 2.75) is 490 Å². The van der Waals surface area contributed by atoms with Crippen molar-refractivity contribution in [3.63, 3.8) is 0 Å². The zero-order valence-corrected chi connectivity index (χ0v) is 71.4. The third-order valence-electron chi connectivity index (χ3n) is 20.9. The molecule has 106 heavy (non-hydrogen) atoms. The van der Waals surface area contributed by atoms with Gasteiger partial charge in [0.2, 0.25) is 0 Å². The summed E-state index contributed by atoms with van der Waals surface area (Å²) in [5.41, 5.74) is 0. The van der Waals surface area contributed by atoms with Crippen molar-refractivity contribution in [1.29, 1.82) is 0 Å². The fourth-order valence-corrected chi connectivity index (χ4v) is 15.2. The number of carbonyl (C=O) groups excluding carboxylic acids is 4. The Labute approximate surface area is 651 Å². The maximum atomic E-state index is 13.2. The van der Waals surface area contributed by atoms with Crippen molar-refractivity contribution in [2.24, 2.45) is 5.92 Å². The Hall–Kier alpha value is -1.94. The first-order valence-electron chi connectivity index (χ1n) is 45.2. The topological polar surface area (TPSA) is 237 Å². The summed E-state index contributed by atoms with van der Waals surface area (Å²) < 4.78 is 69.0. The molecule has 0 rings (SSSR count). The number of aliphatic hydroxyl groups is 1. The van der Waals surface area contributed by atoms with E-state index in [2.05, 4.69) is 34.6 Å². The minimum atomic E-state index is -4.97. The third-order valence-corrected chi connectivity index (χ3v) is 22.8. The van der Waals surface area contributed by atoms with Crippen LogP contribution in [-0.4, -0.2) is 96.7 Å². The van der Waals surface area contributed by atoms with Crippen molar-refractivity contribution in [1.82, 2.24) is 0 Å². The monoisotopic (exact) mass is 1550 g/mol. The van der Waals surface area contributed by atoms with Crippen molar-refractivity contribution in [3.8, 4) is 0 Å². The number of carbonyl (C=O) groups is 4. The number of rotatable bonds is 87. The maximum absolute atomic E-state index is 13.2. The number of esters is 4. The zero-order valence-electron chi connectivity index (χ0n) is 69.6. The van der Waals surface area contributed by atoms with Crippen LogP contribution in [0.2, 0.25) is 0 Å². The molecule has 0 fully saturated rings. The average Bonchev–Trinajstić information content (AvgIpc) is 0.901. The molecule has 0 aromatic rings. The molecule has 3 N–H and O–H groups in total. The Kier molecular flexibility index (Phi) is 78.2. The van der Waals surface area contributed by atoms with Crippen LogP contribution in [0.5, 0.6) is 0 Å². The predicted octanol–water partition coefficient (Wildman–Crippen LogP) is 26.8. The van der Waals surface area contributed by atoms with Crippen LogP contribution in [0.25, 0.3) is 0 Å². The van der Waals surface area contributed by atoms with Gasteiger partial charge in [-0.1, -0.05) is 420 Å². The molecule has 0 amide bonds. The Morgan fingerprint density at radius 1 is 0.264 bits per heavy atom. The molecule has 0 saturated carbocycles. The molecule has 0 spiro atoms. The number of aliphatic hydroxyl groups excluding tert-OH is 1. The van der Waals surface area contributed by atoms with E-state index in [1.807, 2.05) is 0 Å². The first-order chi connectivity index (χ1) is 51.6. The van der Waals surface area contributed by atoms with Crippen molar-refractivity contribution >= 4 is 39.5 Å². The highest BCUT2D eigenvalue weighted by molar-refractivity contribution is 7.47. The Balaban J connectivity index is 5.24. The summed E-state index contributed by atoms with van der Waals surface area (Å²) in [6.07, 6.45) is 73.4. The van der Waals surface area contributed by atoms with E-state index in [-0.39, 0.29) is 25.7 Å². The number of phosphoric ester groups is 2. The molecule has 0 radical (unpaired) electrons. The predicted molar refractivity (Wildman–Crippen MR) is 437 cm³/mol. The second kappa shape index (κ2) is 79.7. The van der Waals surface area contributed by atoms with Crippen LogP contribution in [0.15, 0.2) is 0 Å². The van der Waals surface area contributed by atoms with E-state index in [4.69, 9.17) is 37.0 Å². The summed E-state index contributed by atoms with van der Waals surface area (Å²) in [5.74, 6) is -1.22. The number of hydrogen-bond donors (Lipinski definition) is 3. The van der Waals surface area contributed by atoms with Gasteiger partial charge < -0.3 is 33.8 Å². The van der Waals surface area contributed by atoms with Gasteiger partial charge in [0.05, 0.1) is 26.4 Å². The Bertz CT molecular complexity index is 2020. The lowest BCUT2D eigenvalue weighted by Crippen LogP contribution is -2.30. The standard InChI is InChI=1S/C87H170O17P2/c1-6-10-13-16-19-22-25-28-30-37-41-46-51-56-61-66-71-85(90)98-77-83(104-87(92)73-68-63-58-53-48-43-39-35-33-32-34-36-40-44-49-54-59-64-69-80(5)9-4)79-102-106(95,96)100-75-81(88)74-99-105(93,94)101-78-82(76-97-84(89)70-65-60-55-50-45-27-24-21-18-15-12-8-3)103-86(91)72-67-62-57-52-47-42-38-31-29-26-23-20-17-14-11-7-2/h80-83,88H,6-79H2,1-5H3,(H,93,94)(H,95,96)/t80?,81-,82+,83+/m0/s1. The molecule has 6 atom stereocenters. The van der Waals surface area contributed by atoms with Gasteiger partial charge in [-0.25, -0.2) is 9.13 Å². The fourth-order valence-electron chi connectivity index (χ4n) is 13.6. The lowest BCUT2D eigenvalue weighted by molar-refractivity contribution is -0.161. The van der Waals surface area contributed by atoms with Crippen molar-refractivity contribution in [2.75, 3.05) is 39.6 Å². The highest BCUT2D eigenvalue weighted by atomic mass is 31.2. The summed E-state index contributed by atoms with van der Waals surface area (Å²) in [4.78, 5) is 73.3. The molecule has 19 heteroatoms. The second-order valence-corrected chi connectivity index (χ2v) is 34.4. The van der Waals surface area contributed by atoms with Gasteiger partial charge in [-0.3, -0.25) is 37.3 Å². The molecule has 630 valence electrons. The van der Waals surface area contributed by atoms with E-state index in [9.17, 15) is 43.2 Å². The Morgan fingerprint density at radius 3 is 0.670 bits per heavy atom. The molecular weight excluding hydrogens is 1380 g/mol. The van der Waals surface area contributed by atoms with Crippen LogP contribution < -0.4 is 0 Å². The van der Waals surface area contributed by atoms with Gasteiger partial charge in [0.15, 0.2) is 12.2 Å². The smallest absolute Gasteiger partial charge is 0.462 e. The van der Waals surface area contributed by atoms with E-state index >= 15 is 0 Å². The minimum absolute atomic E-state index is 0.109. The van der Waals surface area contributed by atoms with Crippen LogP contribution in [0.1, 0.15) is 471 Å². The summed E-state index contributed by atoms with van der Waals surface area (Å²) in [5, 5.41) is 10.7. The molecule has 17 nitrogen and oxygen atoms in total. The summed E-state index contributed by atoms with van der Waals surface area (Å²) in [6, 6.07) is 0. The molecule has 0 aliphatic carbocycles. The first-order valence-corrected chi connectivity index (χ1v) is 48.2. The normalized spacial score (nSPS) is 14.0. The first kappa shape index (κ1) is 104. The fraction of sp³-hybridized carbons (Fsp3) is 0.954. The highest BCUT2D eigenvalue weighted by Gasteiger charge is 2.30. The van der Waals surface area contributed by atoms with E-state index in [1.54, 1.807) is 0 Å². The van der Waals surface area contributed by atoms with E-state index in [0.717, 1.165) is 95.8 Å². The van der Waals surface area contributed by atoms with Gasteiger partial charge in [-0.05, 0) is 31.6 Å². The van der Waals surface area contributed by atoms with Crippen LogP contribution in [0, 0.1) is 5.92 Å². The lowest BCUT2D eigenvalue weighted by Gasteiger charge is -2.21. The molecular formula is C87H170O17P2. The highest BCUT2D eigenvalue weighted by Crippen LogP contribution is 2.45. The van der Waals surface area contributed by atoms with Gasteiger partial charge >= 0.3 is 39.5 Å². The largest absolute Gasteiger partial charge is 0.472 e. The summed E-state index contributed by atoms with van der Waals surface area (Å²) in [7, 11) is -9.93. The van der Waals surface area contributed by atoms with Crippen LogP contribution in [-0.2, 0) is 65.4 Å². The zero-order chi connectivity index (χ0) is 77.6. The number of ether oxygens (including phenoxy) is 4. The van der Waals surface area contributed by atoms with E-state index < -0.39 is 97.5 Å².